The molecule has 0 fully saturated rings. The van der Waals surface area contributed by atoms with Crippen LogP contribution in [0.2, 0.25) is 0 Å². The van der Waals surface area contributed by atoms with Gasteiger partial charge in [0.15, 0.2) is 0 Å². The Labute approximate surface area is 163 Å². The average molecular weight is 377 g/mol. The minimum Gasteiger partial charge on any atom is -0.462 e. The van der Waals surface area contributed by atoms with Gasteiger partial charge in [0.05, 0.1) is 12.1 Å². The van der Waals surface area contributed by atoms with Crippen LogP contribution in [-0.4, -0.2) is 28.2 Å². The van der Waals surface area contributed by atoms with Crippen molar-refractivity contribution < 1.29 is 9.53 Å². The van der Waals surface area contributed by atoms with E-state index in [4.69, 9.17) is 4.74 Å². The van der Waals surface area contributed by atoms with Gasteiger partial charge in [0.1, 0.15) is 16.9 Å². The van der Waals surface area contributed by atoms with Crippen molar-refractivity contribution in [3.63, 3.8) is 0 Å². The summed E-state index contributed by atoms with van der Waals surface area (Å²) in [5.74, 6) is 0.0362. The quantitative estimate of drug-likeness (QED) is 0.692. The molecular formula is C22H23N3O3. The second-order valence-electron chi connectivity index (χ2n) is 6.96. The maximum atomic E-state index is 12.9. The lowest BCUT2D eigenvalue weighted by atomic mass is 10.1. The molecule has 0 atom stereocenters. The van der Waals surface area contributed by atoms with Gasteiger partial charge in [0.25, 0.3) is 0 Å². The number of esters is 1. The summed E-state index contributed by atoms with van der Waals surface area (Å²) in [6, 6.07) is 12.4. The number of hydrogen-bond donors (Lipinski definition) is 1. The lowest BCUT2D eigenvalue weighted by Gasteiger charge is -2.15. The zero-order chi connectivity index (χ0) is 19.7. The average Bonchev–Trinajstić information content (AvgIpc) is 3.11. The third kappa shape index (κ3) is 3.26. The van der Waals surface area contributed by atoms with Gasteiger partial charge < -0.3 is 14.6 Å². The lowest BCUT2D eigenvalue weighted by molar-refractivity contribution is 0.0524. The second kappa shape index (κ2) is 7.46. The van der Waals surface area contributed by atoms with Crippen LogP contribution in [0, 0.1) is 0 Å². The molecule has 4 rings (SSSR count). The van der Waals surface area contributed by atoms with Crippen LogP contribution >= 0.6 is 0 Å². The number of carbonyl (C=O) groups excluding carboxylic acids is 1. The van der Waals surface area contributed by atoms with Gasteiger partial charge in [-0.3, -0.25) is 4.79 Å². The van der Waals surface area contributed by atoms with Crippen LogP contribution in [0.5, 0.6) is 0 Å². The van der Waals surface area contributed by atoms with Crippen molar-refractivity contribution in [3.8, 4) is 0 Å². The highest BCUT2D eigenvalue weighted by atomic mass is 16.5. The molecule has 0 radical (unpaired) electrons. The van der Waals surface area contributed by atoms with Crippen molar-refractivity contribution in [2.45, 2.75) is 39.3 Å². The number of hydrogen-bond acceptors (Lipinski definition) is 5. The molecular weight excluding hydrogens is 354 g/mol. The Morgan fingerprint density at radius 1 is 1.18 bits per heavy atom. The molecule has 0 spiro atoms. The highest BCUT2D eigenvalue weighted by Crippen LogP contribution is 2.24. The summed E-state index contributed by atoms with van der Waals surface area (Å²) in [5.41, 5.74) is 3.32. The van der Waals surface area contributed by atoms with Crippen LogP contribution < -0.4 is 10.7 Å². The number of pyridine rings is 2. The third-order valence-corrected chi connectivity index (χ3v) is 5.17. The van der Waals surface area contributed by atoms with E-state index in [-0.39, 0.29) is 23.7 Å². The van der Waals surface area contributed by atoms with Crippen molar-refractivity contribution in [1.29, 1.82) is 0 Å². The number of nitrogens with zero attached hydrogens (tertiary/aromatic N) is 2. The summed E-state index contributed by atoms with van der Waals surface area (Å²) in [6.45, 7) is 4.52. The molecule has 0 amide bonds. The molecule has 1 aromatic carbocycles. The molecule has 0 saturated carbocycles. The first kappa shape index (κ1) is 18.2. The SMILES string of the molecule is CCOC(=O)c1cn(CC)c2ccc(NC3Cc4ccccc4C3)nc2c1=O. The van der Waals surface area contributed by atoms with Gasteiger partial charge in [-0.1, -0.05) is 24.3 Å². The van der Waals surface area contributed by atoms with Gasteiger partial charge in [-0.25, -0.2) is 9.78 Å². The van der Waals surface area contributed by atoms with Gasteiger partial charge in [-0.15, -0.1) is 0 Å². The fourth-order valence-electron chi connectivity index (χ4n) is 3.83. The van der Waals surface area contributed by atoms with E-state index in [1.807, 2.05) is 23.6 Å². The summed E-state index contributed by atoms with van der Waals surface area (Å²) in [7, 11) is 0. The fourth-order valence-corrected chi connectivity index (χ4v) is 3.83. The predicted molar refractivity (Wildman–Crippen MR) is 109 cm³/mol. The van der Waals surface area contributed by atoms with Gasteiger partial charge in [0, 0.05) is 18.8 Å². The number of anilines is 1. The van der Waals surface area contributed by atoms with Crippen LogP contribution in [-0.2, 0) is 24.1 Å². The van der Waals surface area contributed by atoms with E-state index >= 15 is 0 Å². The number of benzene rings is 1. The Balaban J connectivity index is 1.69. The topological polar surface area (TPSA) is 73.2 Å². The minimum absolute atomic E-state index is 0.0223. The smallest absolute Gasteiger partial charge is 0.343 e. The molecule has 0 bridgehead atoms. The Bertz CT molecular complexity index is 1080. The highest BCUT2D eigenvalue weighted by molar-refractivity contribution is 5.93. The molecule has 0 unspecified atom stereocenters. The molecule has 1 aliphatic rings. The largest absolute Gasteiger partial charge is 0.462 e. The third-order valence-electron chi connectivity index (χ3n) is 5.17. The number of rotatable bonds is 5. The van der Waals surface area contributed by atoms with E-state index < -0.39 is 11.4 Å². The predicted octanol–water partition coefficient (Wildman–Crippen LogP) is 3.17. The van der Waals surface area contributed by atoms with E-state index in [2.05, 4.69) is 34.6 Å². The Kier molecular flexibility index (Phi) is 4.86. The molecule has 2 heterocycles. The number of carbonyl (C=O) groups is 1. The molecule has 6 nitrogen and oxygen atoms in total. The lowest BCUT2D eigenvalue weighted by Crippen LogP contribution is -2.23. The van der Waals surface area contributed by atoms with Crippen LogP contribution in [0.4, 0.5) is 5.82 Å². The van der Waals surface area contributed by atoms with Gasteiger partial charge in [-0.05, 0) is 49.9 Å². The number of ether oxygens (including phenoxy) is 1. The van der Waals surface area contributed by atoms with Crippen LogP contribution in [0.1, 0.15) is 35.3 Å². The molecule has 0 aliphatic heterocycles. The monoisotopic (exact) mass is 377 g/mol. The Hall–Kier alpha value is -3.15. The van der Waals surface area contributed by atoms with Gasteiger partial charge in [0.2, 0.25) is 5.43 Å². The van der Waals surface area contributed by atoms with Gasteiger partial charge in [-0.2, -0.15) is 0 Å². The van der Waals surface area contributed by atoms with E-state index in [1.54, 1.807) is 13.1 Å². The molecule has 28 heavy (non-hydrogen) atoms. The molecule has 1 aliphatic carbocycles. The van der Waals surface area contributed by atoms with Crippen LogP contribution in [0.15, 0.2) is 47.4 Å². The maximum Gasteiger partial charge on any atom is 0.343 e. The molecule has 2 aromatic heterocycles. The zero-order valence-corrected chi connectivity index (χ0v) is 16.1. The number of fused-ring (bicyclic) bond motifs is 2. The summed E-state index contributed by atoms with van der Waals surface area (Å²) in [5, 5.41) is 3.44. The first-order chi connectivity index (χ1) is 13.6. The van der Waals surface area contributed by atoms with Crippen molar-refractivity contribution in [2.24, 2.45) is 0 Å². The van der Waals surface area contributed by atoms with E-state index in [0.717, 1.165) is 12.8 Å². The number of nitrogens with one attached hydrogen (secondary N) is 1. The van der Waals surface area contributed by atoms with Crippen molar-refractivity contribution in [2.75, 3.05) is 11.9 Å². The number of aromatic nitrogens is 2. The number of aryl methyl sites for hydroxylation is 1. The van der Waals surface area contributed by atoms with Crippen molar-refractivity contribution >= 4 is 22.8 Å². The Morgan fingerprint density at radius 3 is 2.54 bits per heavy atom. The minimum atomic E-state index is -0.608. The first-order valence-corrected chi connectivity index (χ1v) is 9.65. The van der Waals surface area contributed by atoms with Gasteiger partial charge >= 0.3 is 5.97 Å². The first-order valence-electron chi connectivity index (χ1n) is 9.65. The summed E-state index contributed by atoms with van der Waals surface area (Å²) < 4.78 is 6.89. The van der Waals surface area contributed by atoms with E-state index in [0.29, 0.717) is 17.9 Å². The zero-order valence-electron chi connectivity index (χ0n) is 16.1. The molecule has 1 N–H and O–H groups in total. The van der Waals surface area contributed by atoms with Crippen LogP contribution in [0.25, 0.3) is 11.0 Å². The standard InChI is InChI=1S/C22H23N3O3/c1-3-25-13-17(22(27)28-4-2)21(26)20-18(25)9-10-19(24-20)23-16-11-14-7-5-6-8-15(14)12-16/h5-10,13,16H,3-4,11-12H2,1-2H3,(H,23,24). The normalized spacial score (nSPS) is 13.5. The second-order valence-corrected chi connectivity index (χ2v) is 6.96. The fraction of sp³-hybridized carbons (Fsp3) is 0.318. The summed E-state index contributed by atoms with van der Waals surface area (Å²) in [4.78, 5) is 29.6. The van der Waals surface area contributed by atoms with Crippen LogP contribution in [0.3, 0.4) is 0 Å². The molecule has 6 heteroatoms. The molecule has 3 aromatic rings. The molecule has 0 saturated heterocycles. The van der Waals surface area contributed by atoms with Crippen molar-refractivity contribution in [1.82, 2.24) is 9.55 Å². The maximum absolute atomic E-state index is 12.9. The molecule has 144 valence electrons. The summed E-state index contributed by atoms with van der Waals surface area (Å²) >= 11 is 0. The Morgan fingerprint density at radius 2 is 1.89 bits per heavy atom. The van der Waals surface area contributed by atoms with E-state index in [1.165, 1.54) is 11.1 Å². The van der Waals surface area contributed by atoms with E-state index in [9.17, 15) is 9.59 Å². The van der Waals surface area contributed by atoms with Crippen molar-refractivity contribution in [3.05, 3.63) is 69.5 Å². The summed E-state index contributed by atoms with van der Waals surface area (Å²) in [6.07, 6.45) is 3.42. The highest BCUT2D eigenvalue weighted by Gasteiger charge is 2.22.